The minimum Gasteiger partial charge on any atom is -0.483 e. The molecule has 0 amide bonds. The minimum atomic E-state index is -0.711. The van der Waals surface area contributed by atoms with E-state index in [2.05, 4.69) is 23.8 Å². The van der Waals surface area contributed by atoms with Crippen LogP contribution in [-0.4, -0.2) is 43.4 Å². The smallest absolute Gasteiger partial charge is 0.213 e. The topological polar surface area (TPSA) is 60.2 Å². The van der Waals surface area contributed by atoms with Crippen molar-refractivity contribution in [1.29, 1.82) is 0 Å². The van der Waals surface area contributed by atoms with E-state index in [4.69, 9.17) is 9.47 Å². The maximum absolute atomic E-state index is 11.7. The lowest BCUT2D eigenvalue weighted by Gasteiger charge is -2.36. The molecule has 0 bridgehead atoms. The number of methoxy groups -OCH3 is 2. The van der Waals surface area contributed by atoms with Crippen molar-refractivity contribution < 1.29 is 14.3 Å². The summed E-state index contributed by atoms with van der Waals surface area (Å²) in [6.07, 6.45) is 4.32. The number of allylic oxidation sites excluding steroid dienone is 1. The second-order valence-corrected chi connectivity index (χ2v) is 5.26. The number of carbonyl (C=O) groups is 1. The third-order valence-electron chi connectivity index (χ3n) is 3.49. The lowest BCUT2D eigenvalue weighted by Crippen LogP contribution is -2.48. The standard InChI is InChI=1S/C14H20N2O3/c1-9(2)11-12(18-3)16-14(13(15-11)19-4)7-5-6-10(17)8-14/h5-6,9,11H,7-8H2,1-4H3/t11-,14+/m1/s1. The van der Waals surface area contributed by atoms with Crippen molar-refractivity contribution in [2.24, 2.45) is 15.9 Å². The molecule has 5 heteroatoms. The van der Waals surface area contributed by atoms with Crippen molar-refractivity contribution in [1.82, 2.24) is 0 Å². The van der Waals surface area contributed by atoms with Crippen LogP contribution in [0.25, 0.3) is 0 Å². The molecule has 0 saturated heterocycles. The zero-order valence-corrected chi connectivity index (χ0v) is 11.8. The highest BCUT2D eigenvalue weighted by atomic mass is 16.5. The first-order valence-electron chi connectivity index (χ1n) is 6.48. The van der Waals surface area contributed by atoms with Gasteiger partial charge >= 0.3 is 0 Å². The van der Waals surface area contributed by atoms with Crippen molar-refractivity contribution in [2.45, 2.75) is 38.3 Å². The summed E-state index contributed by atoms with van der Waals surface area (Å²) in [5.41, 5.74) is -0.711. The van der Waals surface area contributed by atoms with Crippen molar-refractivity contribution in [3.8, 4) is 0 Å². The Hall–Kier alpha value is -1.65. The van der Waals surface area contributed by atoms with Gasteiger partial charge in [0.05, 0.1) is 14.2 Å². The van der Waals surface area contributed by atoms with Crippen LogP contribution in [0.3, 0.4) is 0 Å². The van der Waals surface area contributed by atoms with Crippen LogP contribution in [0.2, 0.25) is 0 Å². The fourth-order valence-electron chi connectivity index (χ4n) is 2.52. The highest BCUT2D eigenvalue weighted by molar-refractivity contribution is 6.03. The Morgan fingerprint density at radius 2 is 2.11 bits per heavy atom. The van der Waals surface area contributed by atoms with Crippen LogP contribution < -0.4 is 0 Å². The third kappa shape index (κ3) is 2.41. The highest BCUT2D eigenvalue weighted by Gasteiger charge is 2.45. The van der Waals surface area contributed by atoms with Gasteiger partial charge in [0.25, 0.3) is 0 Å². The maximum Gasteiger partial charge on any atom is 0.213 e. The molecule has 0 N–H and O–H groups in total. The number of aliphatic imine (C=N–C) groups is 2. The second kappa shape index (κ2) is 5.15. The SMILES string of the molecule is COC1=N[C@]2(CC=CC(=O)C2)C(OC)=N[C@@H]1C(C)C. The molecule has 104 valence electrons. The average molecular weight is 264 g/mol. The van der Waals surface area contributed by atoms with Gasteiger partial charge in [0.2, 0.25) is 11.8 Å². The molecule has 0 aromatic heterocycles. The molecular weight excluding hydrogens is 244 g/mol. The van der Waals surface area contributed by atoms with Gasteiger partial charge in [0.15, 0.2) is 5.78 Å². The summed E-state index contributed by atoms with van der Waals surface area (Å²) >= 11 is 0. The lowest BCUT2D eigenvalue weighted by molar-refractivity contribution is -0.115. The molecule has 2 rings (SSSR count). The third-order valence-corrected chi connectivity index (χ3v) is 3.49. The van der Waals surface area contributed by atoms with E-state index in [0.29, 0.717) is 18.2 Å². The molecule has 1 heterocycles. The van der Waals surface area contributed by atoms with Gasteiger partial charge in [0.1, 0.15) is 11.6 Å². The van der Waals surface area contributed by atoms with Gasteiger partial charge in [0, 0.05) is 12.8 Å². The molecule has 2 atom stereocenters. The van der Waals surface area contributed by atoms with Crippen LogP contribution >= 0.6 is 0 Å². The Balaban J connectivity index is 2.44. The Morgan fingerprint density at radius 3 is 2.63 bits per heavy atom. The molecule has 0 aromatic carbocycles. The Bertz CT molecular complexity index is 465. The molecular formula is C14H20N2O3. The molecule has 0 radical (unpaired) electrons. The van der Waals surface area contributed by atoms with Crippen LogP contribution in [0.1, 0.15) is 26.7 Å². The van der Waals surface area contributed by atoms with Crippen molar-refractivity contribution >= 4 is 17.6 Å². The summed E-state index contributed by atoms with van der Waals surface area (Å²) in [4.78, 5) is 21.0. The molecule has 0 unspecified atom stereocenters. The van der Waals surface area contributed by atoms with Crippen LogP contribution in [0, 0.1) is 5.92 Å². The van der Waals surface area contributed by atoms with Crippen LogP contribution in [0.15, 0.2) is 22.1 Å². The first-order chi connectivity index (χ1) is 9.02. The highest BCUT2D eigenvalue weighted by Crippen LogP contribution is 2.33. The fraction of sp³-hybridized carbons (Fsp3) is 0.643. The van der Waals surface area contributed by atoms with Gasteiger partial charge in [-0.25, -0.2) is 9.98 Å². The number of ketones is 1. The molecule has 1 aliphatic carbocycles. The number of hydrogen-bond acceptors (Lipinski definition) is 5. The first kappa shape index (κ1) is 13.8. The molecule has 19 heavy (non-hydrogen) atoms. The predicted molar refractivity (Wildman–Crippen MR) is 73.6 cm³/mol. The fourth-order valence-corrected chi connectivity index (χ4v) is 2.52. The molecule has 0 aromatic rings. The van der Waals surface area contributed by atoms with E-state index in [9.17, 15) is 4.79 Å². The zero-order chi connectivity index (χ0) is 14.0. The Labute approximate surface area is 113 Å². The largest absolute Gasteiger partial charge is 0.483 e. The van der Waals surface area contributed by atoms with Gasteiger partial charge in [-0.3, -0.25) is 4.79 Å². The minimum absolute atomic E-state index is 0.0400. The number of rotatable bonds is 1. The van der Waals surface area contributed by atoms with Crippen LogP contribution in [-0.2, 0) is 14.3 Å². The average Bonchev–Trinajstić information content (AvgIpc) is 2.37. The van der Waals surface area contributed by atoms with Gasteiger partial charge in [-0.2, -0.15) is 0 Å². The van der Waals surface area contributed by atoms with E-state index >= 15 is 0 Å². The second-order valence-electron chi connectivity index (χ2n) is 5.26. The molecule has 2 aliphatic rings. The molecule has 1 aliphatic heterocycles. The molecule has 0 fully saturated rings. The Morgan fingerprint density at radius 1 is 1.37 bits per heavy atom. The summed E-state index contributed by atoms with van der Waals surface area (Å²) in [6, 6.07) is -0.147. The number of hydrogen-bond donors (Lipinski definition) is 0. The quantitative estimate of drug-likeness (QED) is 0.725. The van der Waals surface area contributed by atoms with E-state index < -0.39 is 5.54 Å². The van der Waals surface area contributed by atoms with E-state index in [0.717, 1.165) is 0 Å². The lowest BCUT2D eigenvalue weighted by atomic mass is 9.83. The zero-order valence-electron chi connectivity index (χ0n) is 11.8. The van der Waals surface area contributed by atoms with Crippen molar-refractivity contribution in [3.05, 3.63) is 12.2 Å². The predicted octanol–water partition coefficient (Wildman–Crippen LogP) is 1.77. The number of nitrogens with zero attached hydrogens (tertiary/aromatic N) is 2. The van der Waals surface area contributed by atoms with Crippen molar-refractivity contribution in [2.75, 3.05) is 14.2 Å². The van der Waals surface area contributed by atoms with Gasteiger partial charge in [-0.15, -0.1) is 0 Å². The monoisotopic (exact) mass is 264 g/mol. The summed E-state index contributed by atoms with van der Waals surface area (Å²) in [5, 5.41) is 0. The summed E-state index contributed by atoms with van der Waals surface area (Å²) < 4.78 is 10.8. The molecule has 5 nitrogen and oxygen atoms in total. The first-order valence-corrected chi connectivity index (χ1v) is 6.48. The van der Waals surface area contributed by atoms with E-state index in [1.807, 2.05) is 6.08 Å². The van der Waals surface area contributed by atoms with Gasteiger partial charge in [-0.05, 0) is 12.0 Å². The van der Waals surface area contributed by atoms with E-state index in [-0.39, 0.29) is 24.2 Å². The summed E-state index contributed by atoms with van der Waals surface area (Å²) in [5.74, 6) is 1.41. The van der Waals surface area contributed by atoms with E-state index in [1.165, 1.54) is 0 Å². The Kier molecular flexibility index (Phi) is 3.73. The number of carbonyl (C=O) groups excluding carboxylic acids is 1. The molecule has 0 saturated carbocycles. The number of ether oxygens (including phenoxy) is 2. The summed E-state index contributed by atoms with van der Waals surface area (Å²) in [6.45, 7) is 4.11. The van der Waals surface area contributed by atoms with Crippen LogP contribution in [0.5, 0.6) is 0 Å². The summed E-state index contributed by atoms with van der Waals surface area (Å²) in [7, 11) is 3.17. The van der Waals surface area contributed by atoms with Gasteiger partial charge < -0.3 is 9.47 Å². The van der Waals surface area contributed by atoms with Crippen molar-refractivity contribution in [3.63, 3.8) is 0 Å². The van der Waals surface area contributed by atoms with E-state index in [1.54, 1.807) is 20.3 Å². The van der Waals surface area contributed by atoms with Gasteiger partial charge in [-0.1, -0.05) is 19.9 Å². The normalized spacial score (nSPS) is 30.4. The maximum atomic E-state index is 11.7. The molecule has 1 spiro atoms. The van der Waals surface area contributed by atoms with Crippen LogP contribution in [0.4, 0.5) is 0 Å².